The Morgan fingerprint density at radius 3 is 2.35 bits per heavy atom. The Bertz CT molecular complexity index is 615. The number of allylic oxidation sites excluding steroid dienone is 1. The molecule has 0 heterocycles. The zero-order valence-electron chi connectivity index (χ0n) is 13.2. The van der Waals surface area contributed by atoms with Crippen LogP contribution in [-0.4, -0.2) is 22.4 Å². The molecule has 23 heavy (non-hydrogen) atoms. The van der Waals surface area contributed by atoms with E-state index in [0.717, 1.165) is 13.2 Å². The normalized spacial score (nSPS) is 13.7. The molecule has 1 N–H and O–H groups in total. The van der Waals surface area contributed by atoms with Crippen LogP contribution in [0.5, 0.6) is 0 Å². The van der Waals surface area contributed by atoms with E-state index >= 15 is 0 Å². The van der Waals surface area contributed by atoms with E-state index in [-0.39, 0.29) is 17.7 Å². The average Bonchev–Trinajstić information content (AvgIpc) is 2.43. The molecule has 0 aromatic heterocycles. The summed E-state index contributed by atoms with van der Waals surface area (Å²) in [6.07, 6.45) is 0.713. The number of hydrogen-bond acceptors (Lipinski definition) is 4. The van der Waals surface area contributed by atoms with Gasteiger partial charge in [-0.25, -0.2) is 22.7 Å². The number of ether oxygens (including phenoxy) is 1. The van der Waals surface area contributed by atoms with E-state index in [9.17, 15) is 22.5 Å². The number of nitrogens with one attached hydrogen (secondary N) is 1. The number of rotatable bonds is 5. The molecule has 0 fully saturated rings. The fraction of sp³-hybridized carbons (Fsp3) is 0.400. The van der Waals surface area contributed by atoms with Crippen molar-refractivity contribution in [2.45, 2.75) is 31.9 Å². The van der Waals surface area contributed by atoms with Crippen molar-refractivity contribution >= 4 is 17.3 Å². The maximum absolute atomic E-state index is 13.7. The second-order valence-corrected chi connectivity index (χ2v) is 7.68. The summed E-state index contributed by atoms with van der Waals surface area (Å²) in [7, 11) is 1.15. The first-order valence-corrected chi connectivity index (χ1v) is 7.80. The highest BCUT2D eigenvalue weighted by Gasteiger charge is 2.28. The van der Waals surface area contributed by atoms with Crippen LogP contribution in [0.15, 0.2) is 23.9 Å². The zero-order valence-corrected chi connectivity index (χ0v) is 14.0. The van der Waals surface area contributed by atoms with Crippen molar-refractivity contribution < 1.29 is 27.3 Å². The van der Waals surface area contributed by atoms with Crippen molar-refractivity contribution in [1.82, 2.24) is 4.72 Å². The van der Waals surface area contributed by atoms with Crippen LogP contribution in [0.1, 0.15) is 26.3 Å². The third kappa shape index (κ3) is 5.80. The lowest BCUT2D eigenvalue weighted by Gasteiger charge is -2.25. The molecule has 0 radical (unpaired) electrons. The number of esters is 1. The number of carbonyl (C=O) groups excluding carboxylic acids is 1. The first-order valence-electron chi connectivity index (χ1n) is 6.65. The predicted octanol–water partition coefficient (Wildman–Crippen LogP) is 2.76. The minimum Gasteiger partial charge on any atom is -0.593 e. The fourth-order valence-electron chi connectivity index (χ4n) is 1.49. The van der Waals surface area contributed by atoms with Gasteiger partial charge in [0.2, 0.25) is 0 Å². The minimum absolute atomic E-state index is 0.0648. The molecule has 1 aromatic carbocycles. The summed E-state index contributed by atoms with van der Waals surface area (Å²) in [6.45, 7) is 5.10. The van der Waals surface area contributed by atoms with Gasteiger partial charge in [0.25, 0.3) is 0 Å². The van der Waals surface area contributed by atoms with Crippen LogP contribution in [0, 0.1) is 17.5 Å². The van der Waals surface area contributed by atoms with E-state index < -0.39 is 39.5 Å². The Morgan fingerprint density at radius 2 is 1.83 bits per heavy atom. The number of hydrogen-bond donors (Lipinski definition) is 1. The Hall–Kier alpha value is -1.67. The molecule has 0 aliphatic heterocycles. The van der Waals surface area contributed by atoms with Crippen LogP contribution >= 0.6 is 0 Å². The SMILES string of the molecule is COC(=O)/C=C(/Cc1cc(F)c(F)cc1F)N[S@@+]([O-])C(C)(C)C. The second-order valence-electron chi connectivity index (χ2n) is 5.71. The lowest BCUT2D eigenvalue weighted by Crippen LogP contribution is -2.39. The van der Waals surface area contributed by atoms with E-state index in [1.807, 2.05) is 0 Å². The second kappa shape index (κ2) is 7.74. The highest BCUT2D eigenvalue weighted by molar-refractivity contribution is 7.90. The zero-order chi connectivity index (χ0) is 17.8. The molecule has 1 aromatic rings. The van der Waals surface area contributed by atoms with Gasteiger partial charge in [-0.1, -0.05) is 0 Å². The number of carbonyl (C=O) groups is 1. The van der Waals surface area contributed by atoms with E-state index in [1.54, 1.807) is 20.8 Å². The minimum atomic E-state index is -1.59. The van der Waals surface area contributed by atoms with Crippen molar-refractivity contribution in [2.24, 2.45) is 0 Å². The Morgan fingerprint density at radius 1 is 1.26 bits per heavy atom. The maximum Gasteiger partial charge on any atom is 0.332 e. The van der Waals surface area contributed by atoms with Gasteiger partial charge in [0, 0.05) is 18.6 Å². The molecular formula is C15H18F3NO3S. The van der Waals surface area contributed by atoms with Gasteiger partial charge in [-0.05, 0) is 32.4 Å². The largest absolute Gasteiger partial charge is 0.593 e. The third-order valence-electron chi connectivity index (χ3n) is 2.74. The Balaban J connectivity index is 3.09. The molecule has 1 rings (SSSR count). The maximum atomic E-state index is 13.7. The molecular weight excluding hydrogens is 331 g/mol. The summed E-state index contributed by atoms with van der Waals surface area (Å²) < 4.78 is 58.5. The summed E-state index contributed by atoms with van der Waals surface area (Å²) in [5.74, 6) is -4.24. The highest BCUT2D eigenvalue weighted by Crippen LogP contribution is 2.19. The van der Waals surface area contributed by atoms with Crippen molar-refractivity contribution in [2.75, 3.05) is 7.11 Å². The topological polar surface area (TPSA) is 61.4 Å². The fourth-order valence-corrected chi connectivity index (χ4v) is 2.17. The first kappa shape index (κ1) is 19.4. The lowest BCUT2D eigenvalue weighted by molar-refractivity contribution is -0.134. The summed E-state index contributed by atoms with van der Waals surface area (Å²) in [4.78, 5) is 11.4. The van der Waals surface area contributed by atoms with Crippen molar-refractivity contribution in [3.05, 3.63) is 46.9 Å². The van der Waals surface area contributed by atoms with Crippen LogP contribution in [0.3, 0.4) is 0 Å². The van der Waals surface area contributed by atoms with Gasteiger partial charge in [0.1, 0.15) is 10.6 Å². The summed E-state index contributed by atoms with van der Waals surface area (Å²) in [6, 6.07) is 1.11. The summed E-state index contributed by atoms with van der Waals surface area (Å²) in [5.41, 5.74) is -0.118. The molecule has 128 valence electrons. The molecule has 4 nitrogen and oxygen atoms in total. The van der Waals surface area contributed by atoms with Gasteiger partial charge in [-0.15, -0.1) is 0 Å². The lowest BCUT2D eigenvalue weighted by atomic mass is 10.1. The molecule has 0 bridgehead atoms. The van der Waals surface area contributed by atoms with Crippen LogP contribution in [0.2, 0.25) is 0 Å². The molecule has 0 amide bonds. The van der Waals surface area contributed by atoms with Crippen LogP contribution in [-0.2, 0) is 27.3 Å². The summed E-state index contributed by atoms with van der Waals surface area (Å²) in [5, 5.41) is 0. The van der Waals surface area contributed by atoms with Crippen molar-refractivity contribution in [1.29, 1.82) is 0 Å². The molecule has 0 unspecified atom stereocenters. The smallest absolute Gasteiger partial charge is 0.332 e. The molecule has 1 atom stereocenters. The standard InChI is InChI=1S/C15H18F3NO3S/c1-15(2,3)23(21)19-10(7-14(20)22-4)5-9-6-12(17)13(18)8-11(9)16/h6-8,19H,5H2,1-4H3/b10-7-/t23-/m0/s1. The quantitative estimate of drug-likeness (QED) is 0.384. The Kier molecular flexibility index (Phi) is 6.52. The number of benzene rings is 1. The van der Waals surface area contributed by atoms with Crippen LogP contribution < -0.4 is 4.72 Å². The van der Waals surface area contributed by atoms with Gasteiger partial charge >= 0.3 is 5.97 Å². The van der Waals surface area contributed by atoms with Crippen molar-refractivity contribution in [3.8, 4) is 0 Å². The monoisotopic (exact) mass is 349 g/mol. The van der Waals surface area contributed by atoms with E-state index in [4.69, 9.17) is 0 Å². The van der Waals surface area contributed by atoms with E-state index in [1.165, 1.54) is 0 Å². The van der Waals surface area contributed by atoms with Gasteiger partial charge in [-0.3, -0.25) is 0 Å². The average molecular weight is 349 g/mol. The van der Waals surface area contributed by atoms with Crippen LogP contribution in [0.4, 0.5) is 13.2 Å². The van der Waals surface area contributed by atoms with Gasteiger partial charge in [-0.2, -0.15) is 0 Å². The number of methoxy groups -OCH3 is 1. The Labute approximate surface area is 136 Å². The molecule has 0 aliphatic rings. The van der Waals surface area contributed by atoms with E-state index in [2.05, 4.69) is 9.46 Å². The predicted molar refractivity (Wildman–Crippen MR) is 81.2 cm³/mol. The highest BCUT2D eigenvalue weighted by atomic mass is 32.2. The summed E-state index contributed by atoms with van der Waals surface area (Å²) >= 11 is -1.59. The molecule has 8 heteroatoms. The van der Waals surface area contributed by atoms with Crippen LogP contribution in [0.25, 0.3) is 0 Å². The molecule has 0 spiro atoms. The number of halogens is 3. The molecule has 0 aliphatic carbocycles. The third-order valence-corrected chi connectivity index (χ3v) is 4.30. The van der Waals surface area contributed by atoms with Gasteiger partial charge in [0.15, 0.2) is 11.6 Å². The van der Waals surface area contributed by atoms with E-state index in [0.29, 0.717) is 12.1 Å². The van der Waals surface area contributed by atoms with Crippen molar-refractivity contribution in [3.63, 3.8) is 0 Å². The van der Waals surface area contributed by atoms with Gasteiger partial charge in [0.05, 0.1) is 24.2 Å². The molecule has 0 saturated heterocycles. The molecule has 0 saturated carbocycles. The first-order chi connectivity index (χ1) is 10.5. The van der Waals surface area contributed by atoms with Gasteiger partial charge < -0.3 is 9.29 Å².